The van der Waals surface area contributed by atoms with Crippen LogP contribution in [0.3, 0.4) is 0 Å². The van der Waals surface area contributed by atoms with Crippen molar-refractivity contribution in [2.45, 2.75) is 24.9 Å². The minimum Gasteiger partial charge on any atom is -0.494 e. The van der Waals surface area contributed by atoms with Crippen molar-refractivity contribution in [3.63, 3.8) is 0 Å². The second kappa shape index (κ2) is 5.20. The van der Waals surface area contributed by atoms with Crippen LogP contribution >= 0.6 is 0 Å². The van der Waals surface area contributed by atoms with Gasteiger partial charge in [0, 0.05) is 23.7 Å². The number of nitrogens with one attached hydrogen (secondary N) is 1. The molecule has 1 aromatic carbocycles. The van der Waals surface area contributed by atoms with Crippen molar-refractivity contribution in [1.82, 2.24) is 5.32 Å². The average Bonchev–Trinajstić information content (AvgIpc) is 2.31. The summed E-state index contributed by atoms with van der Waals surface area (Å²) in [6, 6.07) is 2.27. The summed E-state index contributed by atoms with van der Waals surface area (Å²) in [5.74, 6) is -0.811. The van der Waals surface area contributed by atoms with E-state index in [9.17, 15) is 8.78 Å². The van der Waals surface area contributed by atoms with Gasteiger partial charge in [-0.15, -0.1) is 0 Å². The second-order valence-corrected chi connectivity index (χ2v) is 4.77. The third-order valence-electron chi connectivity index (χ3n) is 3.60. The van der Waals surface area contributed by atoms with Gasteiger partial charge in [0.1, 0.15) is 5.82 Å². The number of nitrogens with two attached hydrogens (primary N) is 1. The van der Waals surface area contributed by atoms with E-state index in [1.165, 1.54) is 13.2 Å². The van der Waals surface area contributed by atoms with Crippen LogP contribution in [0.2, 0.25) is 0 Å². The maximum Gasteiger partial charge on any atom is 0.165 e. The van der Waals surface area contributed by atoms with Crippen molar-refractivity contribution < 1.29 is 13.5 Å². The first-order valence-electron chi connectivity index (χ1n) is 6.02. The molecule has 3 N–H and O–H groups in total. The highest BCUT2D eigenvalue weighted by atomic mass is 19.1. The highest BCUT2D eigenvalue weighted by Gasteiger charge is 2.34. The lowest BCUT2D eigenvalue weighted by molar-refractivity contribution is 0.200. The van der Waals surface area contributed by atoms with Crippen LogP contribution < -0.4 is 15.8 Å². The van der Waals surface area contributed by atoms with Crippen molar-refractivity contribution in [3.05, 3.63) is 29.3 Å². The molecule has 1 aliphatic rings. The minimum absolute atomic E-state index is 0.0728. The SMILES string of the molecule is CNC(c1cc(F)c(OC)cc1F)C1CC(N)C1. The van der Waals surface area contributed by atoms with Crippen LogP contribution in [0.5, 0.6) is 5.75 Å². The van der Waals surface area contributed by atoms with E-state index in [-0.39, 0.29) is 23.8 Å². The highest BCUT2D eigenvalue weighted by Crippen LogP contribution is 2.38. The van der Waals surface area contributed by atoms with Crippen LogP contribution in [0, 0.1) is 17.6 Å². The normalized spacial score (nSPS) is 24.5. The van der Waals surface area contributed by atoms with Crippen molar-refractivity contribution in [3.8, 4) is 5.75 Å². The van der Waals surface area contributed by atoms with Crippen molar-refractivity contribution in [1.29, 1.82) is 0 Å². The molecule has 0 saturated heterocycles. The Morgan fingerprint density at radius 2 is 2.00 bits per heavy atom. The molecule has 1 fully saturated rings. The Morgan fingerprint density at radius 1 is 1.33 bits per heavy atom. The van der Waals surface area contributed by atoms with Crippen LogP contribution in [0.15, 0.2) is 12.1 Å². The van der Waals surface area contributed by atoms with Gasteiger partial charge in [-0.2, -0.15) is 0 Å². The van der Waals surface area contributed by atoms with E-state index in [0.29, 0.717) is 5.56 Å². The number of halogens is 2. The van der Waals surface area contributed by atoms with E-state index in [1.807, 2.05) is 0 Å². The molecule has 18 heavy (non-hydrogen) atoms. The van der Waals surface area contributed by atoms with Crippen molar-refractivity contribution in [2.75, 3.05) is 14.2 Å². The van der Waals surface area contributed by atoms with E-state index in [0.717, 1.165) is 18.9 Å². The zero-order valence-electron chi connectivity index (χ0n) is 10.5. The molecule has 0 aliphatic heterocycles. The Balaban J connectivity index is 2.28. The molecule has 3 nitrogen and oxygen atoms in total. The third kappa shape index (κ3) is 2.33. The molecule has 0 radical (unpaired) electrons. The summed E-state index contributed by atoms with van der Waals surface area (Å²) in [5, 5.41) is 3.04. The van der Waals surface area contributed by atoms with E-state index < -0.39 is 11.6 Å². The highest BCUT2D eigenvalue weighted by molar-refractivity contribution is 5.33. The maximum atomic E-state index is 14.0. The van der Waals surface area contributed by atoms with E-state index in [2.05, 4.69) is 5.32 Å². The van der Waals surface area contributed by atoms with E-state index in [1.54, 1.807) is 7.05 Å². The molecular weight excluding hydrogens is 238 g/mol. The Labute approximate surface area is 105 Å². The Hall–Kier alpha value is -1.20. The van der Waals surface area contributed by atoms with Gasteiger partial charge in [0.05, 0.1) is 7.11 Å². The first-order chi connectivity index (χ1) is 8.56. The second-order valence-electron chi connectivity index (χ2n) is 4.77. The third-order valence-corrected chi connectivity index (χ3v) is 3.60. The molecule has 2 rings (SSSR count). The van der Waals surface area contributed by atoms with Crippen LogP contribution in [-0.4, -0.2) is 20.2 Å². The molecule has 1 aromatic rings. The van der Waals surface area contributed by atoms with Gasteiger partial charge in [0.2, 0.25) is 0 Å². The summed E-state index contributed by atoms with van der Waals surface area (Å²) in [6.45, 7) is 0. The monoisotopic (exact) mass is 256 g/mol. The quantitative estimate of drug-likeness (QED) is 0.866. The molecule has 1 saturated carbocycles. The Bertz CT molecular complexity index is 433. The first-order valence-corrected chi connectivity index (χ1v) is 6.02. The molecule has 1 atom stereocenters. The standard InChI is InChI=1S/C13H18F2N2O/c1-17-13(7-3-8(16)4-7)9-5-11(15)12(18-2)6-10(9)14/h5-8,13,17H,3-4,16H2,1-2H3. The van der Waals surface area contributed by atoms with Crippen LogP contribution in [0.25, 0.3) is 0 Å². The van der Waals surface area contributed by atoms with Gasteiger partial charge in [-0.1, -0.05) is 0 Å². The lowest BCUT2D eigenvalue weighted by Crippen LogP contribution is -2.42. The van der Waals surface area contributed by atoms with Gasteiger partial charge in [0.15, 0.2) is 11.6 Å². The zero-order valence-corrected chi connectivity index (χ0v) is 10.5. The van der Waals surface area contributed by atoms with Crippen LogP contribution in [0.1, 0.15) is 24.4 Å². The average molecular weight is 256 g/mol. The lowest BCUT2D eigenvalue weighted by Gasteiger charge is -2.38. The fraction of sp³-hybridized carbons (Fsp3) is 0.538. The minimum atomic E-state index is -0.544. The van der Waals surface area contributed by atoms with Crippen molar-refractivity contribution >= 4 is 0 Å². The smallest absolute Gasteiger partial charge is 0.165 e. The molecular formula is C13H18F2N2O. The first kappa shape index (κ1) is 13.2. The van der Waals surface area contributed by atoms with Gasteiger partial charge < -0.3 is 15.8 Å². The predicted octanol–water partition coefficient (Wildman–Crippen LogP) is 1.97. The summed E-state index contributed by atoms with van der Waals surface area (Å²) in [7, 11) is 3.06. The van der Waals surface area contributed by atoms with E-state index >= 15 is 0 Å². The number of methoxy groups -OCH3 is 1. The molecule has 1 unspecified atom stereocenters. The Morgan fingerprint density at radius 3 is 2.50 bits per heavy atom. The summed E-state index contributed by atoms with van der Waals surface area (Å²) >= 11 is 0. The van der Waals surface area contributed by atoms with Gasteiger partial charge in [-0.25, -0.2) is 8.78 Å². The lowest BCUT2D eigenvalue weighted by atomic mass is 9.74. The van der Waals surface area contributed by atoms with Gasteiger partial charge in [-0.05, 0) is 31.9 Å². The molecule has 100 valence electrons. The maximum absolute atomic E-state index is 14.0. The van der Waals surface area contributed by atoms with Gasteiger partial charge in [0.25, 0.3) is 0 Å². The molecule has 5 heteroatoms. The van der Waals surface area contributed by atoms with Gasteiger partial charge >= 0.3 is 0 Å². The predicted molar refractivity (Wildman–Crippen MR) is 65.4 cm³/mol. The topological polar surface area (TPSA) is 47.3 Å². The fourth-order valence-corrected chi connectivity index (χ4v) is 2.56. The zero-order chi connectivity index (χ0) is 13.3. The molecule has 0 spiro atoms. The number of ether oxygens (including phenoxy) is 1. The summed E-state index contributed by atoms with van der Waals surface area (Å²) in [5.41, 5.74) is 6.08. The number of benzene rings is 1. The molecule has 0 heterocycles. The molecule has 0 aromatic heterocycles. The fourth-order valence-electron chi connectivity index (χ4n) is 2.56. The molecule has 0 amide bonds. The van der Waals surface area contributed by atoms with E-state index in [4.69, 9.17) is 10.5 Å². The number of hydrogen-bond acceptors (Lipinski definition) is 3. The largest absolute Gasteiger partial charge is 0.494 e. The molecule has 0 bridgehead atoms. The van der Waals surface area contributed by atoms with Crippen molar-refractivity contribution in [2.24, 2.45) is 11.7 Å². The van der Waals surface area contributed by atoms with Crippen LogP contribution in [-0.2, 0) is 0 Å². The van der Waals surface area contributed by atoms with Crippen LogP contribution in [0.4, 0.5) is 8.78 Å². The molecule has 1 aliphatic carbocycles. The summed E-state index contributed by atoms with van der Waals surface area (Å²) in [6.07, 6.45) is 1.66. The number of rotatable bonds is 4. The van der Waals surface area contributed by atoms with Gasteiger partial charge in [-0.3, -0.25) is 0 Å². The summed E-state index contributed by atoms with van der Waals surface area (Å²) in [4.78, 5) is 0. The number of hydrogen-bond donors (Lipinski definition) is 2. The summed E-state index contributed by atoms with van der Waals surface area (Å²) < 4.78 is 32.4. The Kier molecular flexibility index (Phi) is 3.82.